The van der Waals surface area contributed by atoms with Gasteiger partial charge < -0.3 is 24.3 Å². The van der Waals surface area contributed by atoms with Crippen molar-refractivity contribution in [1.29, 1.82) is 0 Å². The summed E-state index contributed by atoms with van der Waals surface area (Å²) in [4.78, 5) is 27.2. The number of rotatable bonds is 7. The van der Waals surface area contributed by atoms with Crippen LogP contribution < -0.4 is 70.9 Å². The molecule has 5 rings (SSSR count). The van der Waals surface area contributed by atoms with E-state index < -0.39 is 18.4 Å². The SMILES string of the molecule is COc1ccc(N2c3ccc(C=C/C=C4/SC(=S)N(CC(=O)[O-])C4=O)cc3C3CCCCC32)c(OC)c1.[K+]. The maximum Gasteiger partial charge on any atom is 1.00 e. The second kappa shape index (κ2) is 12.7. The summed E-state index contributed by atoms with van der Waals surface area (Å²) in [6, 6.07) is 12.8. The standard InChI is InChI=1S/C28H28N2O5S2.K/c1-34-18-11-13-23(24(15-18)35-2)30-21-8-4-3-7-19(21)20-14-17(10-12-22(20)30)6-5-9-25-27(33)29(16-26(31)32)28(36)37-25;/h5-6,9-15,19,21H,3-4,7-8,16H2,1-2H3,(H,31,32);/q;+1/p-1/b6-5?,25-9+;. The van der Waals surface area contributed by atoms with Crippen LogP contribution >= 0.6 is 24.0 Å². The summed E-state index contributed by atoms with van der Waals surface area (Å²) in [5.74, 6) is 0.235. The Kier molecular flexibility index (Phi) is 9.78. The average Bonchev–Trinajstić information content (AvgIpc) is 3.36. The molecule has 1 saturated heterocycles. The quantitative estimate of drug-likeness (QED) is 0.279. The van der Waals surface area contributed by atoms with Crippen LogP contribution in [0.5, 0.6) is 11.5 Å². The molecule has 3 aliphatic rings. The molecule has 2 atom stereocenters. The Balaban J connectivity index is 0.00000336. The molecule has 38 heavy (non-hydrogen) atoms. The first-order valence-corrected chi connectivity index (χ1v) is 13.4. The molecule has 1 amide bonds. The molecular formula is C28H27KN2O5S2. The van der Waals surface area contributed by atoms with Gasteiger partial charge in [0.25, 0.3) is 5.91 Å². The van der Waals surface area contributed by atoms with Crippen LogP contribution in [0.3, 0.4) is 0 Å². The Morgan fingerprint density at radius 2 is 1.89 bits per heavy atom. The fraction of sp³-hybridized carbons (Fsp3) is 0.321. The van der Waals surface area contributed by atoms with Crippen molar-refractivity contribution >= 4 is 57.6 Å². The number of hydrogen-bond acceptors (Lipinski definition) is 8. The van der Waals surface area contributed by atoms with E-state index >= 15 is 0 Å². The van der Waals surface area contributed by atoms with Gasteiger partial charge in [0.15, 0.2) is 0 Å². The molecular weight excluding hydrogens is 548 g/mol. The van der Waals surface area contributed by atoms with Gasteiger partial charge in [-0.1, -0.05) is 55.0 Å². The number of amides is 1. The Bertz CT molecular complexity index is 1330. The smallest absolute Gasteiger partial charge is 0.548 e. The summed E-state index contributed by atoms with van der Waals surface area (Å²) in [7, 11) is 3.34. The molecule has 0 radical (unpaired) electrons. The van der Waals surface area contributed by atoms with Gasteiger partial charge in [-0.2, -0.15) is 0 Å². The number of fused-ring (bicyclic) bond motifs is 3. The van der Waals surface area contributed by atoms with E-state index in [4.69, 9.17) is 21.7 Å². The Hall–Kier alpha value is -1.66. The van der Waals surface area contributed by atoms with E-state index in [1.54, 1.807) is 20.3 Å². The number of ether oxygens (including phenoxy) is 2. The number of allylic oxidation sites excluding steroid dienone is 2. The first-order valence-electron chi connectivity index (χ1n) is 12.2. The molecule has 2 aliphatic heterocycles. The number of aliphatic carboxylic acids is 1. The molecule has 2 heterocycles. The Labute approximate surface area is 274 Å². The van der Waals surface area contributed by atoms with Crippen molar-refractivity contribution < 1.29 is 75.6 Å². The number of carboxylic acids is 1. The summed E-state index contributed by atoms with van der Waals surface area (Å²) in [6.07, 6.45) is 10.1. The number of carbonyl (C=O) groups is 2. The molecule has 0 bridgehead atoms. The first-order chi connectivity index (χ1) is 17.9. The van der Waals surface area contributed by atoms with Crippen LogP contribution in [0.25, 0.3) is 6.08 Å². The van der Waals surface area contributed by atoms with E-state index in [9.17, 15) is 14.7 Å². The summed E-state index contributed by atoms with van der Waals surface area (Å²) < 4.78 is 11.4. The topological polar surface area (TPSA) is 82.1 Å². The maximum atomic E-state index is 12.5. The molecule has 2 aromatic carbocycles. The number of carboxylic acid groups (broad SMARTS) is 1. The predicted octanol–water partition coefficient (Wildman–Crippen LogP) is 1.39. The molecule has 2 aromatic rings. The number of carbonyl (C=O) groups excluding carboxylic acids is 2. The fourth-order valence-corrected chi connectivity index (χ4v) is 6.68. The van der Waals surface area contributed by atoms with Gasteiger partial charge in [0.05, 0.1) is 37.3 Å². The van der Waals surface area contributed by atoms with E-state index in [-0.39, 0.29) is 55.7 Å². The number of methoxy groups -OCH3 is 2. The zero-order chi connectivity index (χ0) is 26.1. The van der Waals surface area contributed by atoms with Crippen LogP contribution in [0.1, 0.15) is 42.7 Å². The minimum atomic E-state index is -1.34. The largest absolute Gasteiger partial charge is 1.00 e. The molecule has 0 N–H and O–H groups in total. The summed E-state index contributed by atoms with van der Waals surface area (Å²) in [5, 5.41) is 10.9. The molecule has 1 saturated carbocycles. The molecule has 7 nitrogen and oxygen atoms in total. The molecule has 192 valence electrons. The number of nitrogens with zero attached hydrogens (tertiary/aromatic N) is 2. The normalized spacial score (nSPS) is 21.5. The van der Waals surface area contributed by atoms with Gasteiger partial charge in [-0.25, -0.2) is 0 Å². The average molecular weight is 575 g/mol. The van der Waals surface area contributed by atoms with Crippen LogP contribution in [0, 0.1) is 0 Å². The van der Waals surface area contributed by atoms with Crippen LogP contribution in [-0.4, -0.2) is 47.9 Å². The van der Waals surface area contributed by atoms with E-state index in [2.05, 4.69) is 29.2 Å². The van der Waals surface area contributed by atoms with E-state index in [0.717, 1.165) is 52.3 Å². The minimum Gasteiger partial charge on any atom is -0.548 e. The van der Waals surface area contributed by atoms with E-state index in [0.29, 0.717) is 16.9 Å². The summed E-state index contributed by atoms with van der Waals surface area (Å²) >= 11 is 6.24. The summed E-state index contributed by atoms with van der Waals surface area (Å²) in [6.45, 7) is -0.533. The maximum absolute atomic E-state index is 12.5. The molecule has 10 heteroatoms. The van der Waals surface area contributed by atoms with Crippen molar-refractivity contribution in [3.63, 3.8) is 0 Å². The van der Waals surface area contributed by atoms with Crippen molar-refractivity contribution in [3.8, 4) is 11.5 Å². The monoisotopic (exact) mass is 574 g/mol. The molecule has 2 unspecified atom stereocenters. The number of hydrogen-bond donors (Lipinski definition) is 0. The van der Waals surface area contributed by atoms with Gasteiger partial charge in [-0.3, -0.25) is 9.69 Å². The zero-order valence-corrected chi connectivity index (χ0v) is 26.4. The molecule has 0 aromatic heterocycles. The third kappa shape index (κ3) is 5.77. The van der Waals surface area contributed by atoms with Crippen molar-refractivity contribution in [2.45, 2.75) is 37.6 Å². The van der Waals surface area contributed by atoms with Crippen LogP contribution in [0.2, 0.25) is 0 Å². The van der Waals surface area contributed by atoms with Crippen molar-refractivity contribution in [3.05, 3.63) is 64.6 Å². The second-order valence-electron chi connectivity index (χ2n) is 9.21. The Morgan fingerprint density at radius 1 is 1.13 bits per heavy atom. The van der Waals surface area contributed by atoms with Crippen LogP contribution in [0.4, 0.5) is 11.4 Å². The third-order valence-corrected chi connectivity index (χ3v) is 8.51. The fourth-order valence-electron chi connectivity index (χ4n) is 5.47. The van der Waals surface area contributed by atoms with Gasteiger partial charge >= 0.3 is 51.4 Å². The molecule has 0 spiro atoms. The zero-order valence-electron chi connectivity index (χ0n) is 21.6. The van der Waals surface area contributed by atoms with Gasteiger partial charge in [0, 0.05) is 23.7 Å². The number of anilines is 2. The van der Waals surface area contributed by atoms with Gasteiger partial charge in [0.1, 0.15) is 15.8 Å². The van der Waals surface area contributed by atoms with E-state index in [1.165, 1.54) is 24.1 Å². The molecule has 1 aliphatic carbocycles. The number of benzene rings is 2. The first kappa shape index (κ1) is 29.3. The van der Waals surface area contributed by atoms with Crippen molar-refractivity contribution in [2.24, 2.45) is 0 Å². The predicted molar refractivity (Wildman–Crippen MR) is 147 cm³/mol. The minimum absolute atomic E-state index is 0. The number of thioether (sulfide) groups is 1. The van der Waals surface area contributed by atoms with E-state index in [1.807, 2.05) is 24.3 Å². The summed E-state index contributed by atoms with van der Waals surface area (Å²) in [5.41, 5.74) is 4.60. The Morgan fingerprint density at radius 3 is 2.63 bits per heavy atom. The van der Waals surface area contributed by atoms with Gasteiger partial charge in [-0.05, 0) is 54.3 Å². The van der Waals surface area contributed by atoms with Gasteiger partial charge in [0.2, 0.25) is 0 Å². The number of thiocarbonyl (C=S) groups is 1. The second-order valence-corrected chi connectivity index (χ2v) is 10.9. The third-order valence-electron chi connectivity index (χ3n) is 7.12. The molecule has 2 fully saturated rings. The van der Waals surface area contributed by atoms with Crippen molar-refractivity contribution in [1.82, 2.24) is 4.90 Å². The van der Waals surface area contributed by atoms with Crippen LogP contribution in [-0.2, 0) is 9.59 Å². The van der Waals surface area contributed by atoms with Crippen molar-refractivity contribution in [2.75, 3.05) is 25.7 Å². The van der Waals surface area contributed by atoms with Crippen LogP contribution in [0.15, 0.2) is 53.5 Å². The van der Waals surface area contributed by atoms with Gasteiger partial charge in [-0.15, -0.1) is 0 Å².